The van der Waals surface area contributed by atoms with Gasteiger partial charge in [-0.15, -0.1) is 16.4 Å². The molecule has 0 atom stereocenters. The average molecular weight is 297 g/mol. The van der Waals surface area contributed by atoms with E-state index in [1.165, 1.54) is 0 Å². The topological polar surface area (TPSA) is 78.3 Å². The number of thiophene rings is 1. The lowest BCUT2D eigenvalue weighted by Gasteiger charge is -1.99. The van der Waals surface area contributed by atoms with Crippen LogP contribution in [-0.4, -0.2) is 26.7 Å². The molecule has 2 N–H and O–H groups in total. The fraction of sp³-hybridized carbons (Fsp3) is 0.0714. The van der Waals surface area contributed by atoms with Crippen LogP contribution in [0.5, 0.6) is 5.75 Å². The molecule has 0 aromatic carbocycles. The lowest BCUT2D eigenvalue weighted by molar-refractivity contribution is 0.419. The van der Waals surface area contributed by atoms with Gasteiger partial charge in [-0.25, -0.2) is 9.50 Å². The lowest BCUT2D eigenvalue weighted by atomic mass is 10.3. The number of nitrogens with zero attached hydrogens (tertiary/aromatic N) is 4. The molecule has 0 saturated heterocycles. The summed E-state index contributed by atoms with van der Waals surface area (Å²) in [6, 6.07) is 5.65. The van der Waals surface area contributed by atoms with Gasteiger partial charge in [0.15, 0.2) is 11.4 Å². The van der Waals surface area contributed by atoms with Crippen molar-refractivity contribution in [1.82, 2.24) is 19.6 Å². The Kier molecular flexibility index (Phi) is 2.55. The van der Waals surface area contributed by atoms with Crippen molar-refractivity contribution in [2.24, 2.45) is 0 Å². The zero-order valence-corrected chi connectivity index (χ0v) is 12.0. The molecule has 4 aromatic heterocycles. The fourth-order valence-electron chi connectivity index (χ4n) is 2.26. The van der Waals surface area contributed by atoms with Crippen molar-refractivity contribution in [1.29, 1.82) is 0 Å². The van der Waals surface area contributed by atoms with Crippen molar-refractivity contribution >= 4 is 32.9 Å². The number of anilines is 1. The molecule has 7 heteroatoms. The van der Waals surface area contributed by atoms with Crippen LogP contribution in [0.2, 0.25) is 0 Å². The van der Waals surface area contributed by atoms with Crippen molar-refractivity contribution in [2.45, 2.75) is 0 Å². The number of rotatable bonds is 2. The molecule has 21 heavy (non-hydrogen) atoms. The minimum absolute atomic E-state index is 0.460. The number of aromatic nitrogens is 4. The molecule has 4 aromatic rings. The van der Waals surface area contributed by atoms with Gasteiger partial charge in [-0.1, -0.05) is 0 Å². The second-order valence-electron chi connectivity index (χ2n) is 4.54. The largest absolute Gasteiger partial charge is 0.494 e. The molecule has 0 aliphatic heterocycles. The second-order valence-corrected chi connectivity index (χ2v) is 5.59. The summed E-state index contributed by atoms with van der Waals surface area (Å²) in [5, 5.41) is 5.35. The number of hydrogen-bond acceptors (Lipinski definition) is 6. The van der Waals surface area contributed by atoms with E-state index in [2.05, 4.69) is 21.1 Å². The summed E-state index contributed by atoms with van der Waals surface area (Å²) in [5.74, 6) is 1.23. The minimum atomic E-state index is 0.460. The number of fused-ring (bicyclic) bond motifs is 2. The van der Waals surface area contributed by atoms with Crippen LogP contribution in [-0.2, 0) is 0 Å². The highest BCUT2D eigenvalue weighted by Gasteiger charge is 2.13. The predicted octanol–water partition coefficient (Wildman–Crippen LogP) is 2.60. The smallest absolute Gasteiger partial charge is 0.154 e. The van der Waals surface area contributed by atoms with E-state index in [-0.39, 0.29) is 0 Å². The molecular formula is C14H11N5OS. The van der Waals surface area contributed by atoms with Gasteiger partial charge in [-0.05, 0) is 18.2 Å². The van der Waals surface area contributed by atoms with E-state index in [1.54, 1.807) is 41.4 Å². The minimum Gasteiger partial charge on any atom is -0.494 e. The number of ether oxygens (including phenoxy) is 1. The van der Waals surface area contributed by atoms with Gasteiger partial charge in [0.2, 0.25) is 0 Å². The van der Waals surface area contributed by atoms with Crippen molar-refractivity contribution in [3.05, 3.63) is 36.8 Å². The van der Waals surface area contributed by atoms with E-state index in [9.17, 15) is 0 Å². The molecule has 0 aliphatic rings. The molecular weight excluding hydrogens is 286 g/mol. The molecule has 0 amide bonds. The van der Waals surface area contributed by atoms with Gasteiger partial charge in [-0.3, -0.25) is 4.98 Å². The molecule has 0 bridgehead atoms. The Morgan fingerprint density at radius 2 is 2.14 bits per heavy atom. The van der Waals surface area contributed by atoms with E-state index < -0.39 is 0 Å². The van der Waals surface area contributed by atoms with E-state index in [1.807, 2.05) is 12.3 Å². The molecule has 0 aliphatic carbocycles. The quantitative estimate of drug-likeness (QED) is 0.615. The maximum absolute atomic E-state index is 5.76. The van der Waals surface area contributed by atoms with E-state index in [0.717, 1.165) is 32.1 Å². The molecule has 6 nitrogen and oxygen atoms in total. The average Bonchev–Trinajstić information content (AvgIpc) is 3.09. The first-order chi connectivity index (χ1) is 10.3. The van der Waals surface area contributed by atoms with Crippen molar-refractivity contribution in [3.63, 3.8) is 0 Å². The number of imidazole rings is 1. The number of methoxy groups -OCH3 is 1. The molecule has 104 valence electrons. The van der Waals surface area contributed by atoms with Crippen LogP contribution < -0.4 is 10.5 Å². The Bertz CT molecular complexity index is 958. The van der Waals surface area contributed by atoms with Crippen LogP contribution in [0, 0.1) is 0 Å². The molecule has 4 rings (SSSR count). The molecule has 0 radical (unpaired) electrons. The maximum Gasteiger partial charge on any atom is 0.154 e. The summed E-state index contributed by atoms with van der Waals surface area (Å²) in [6.07, 6.45) is 5.34. The fourth-order valence-corrected chi connectivity index (χ4v) is 3.38. The Morgan fingerprint density at radius 3 is 3.00 bits per heavy atom. The first-order valence-electron chi connectivity index (χ1n) is 6.28. The number of nitrogens with two attached hydrogens (primary N) is 1. The molecule has 4 heterocycles. The van der Waals surface area contributed by atoms with Gasteiger partial charge in [0.1, 0.15) is 11.5 Å². The van der Waals surface area contributed by atoms with Crippen molar-refractivity contribution < 1.29 is 4.74 Å². The van der Waals surface area contributed by atoms with Gasteiger partial charge < -0.3 is 10.5 Å². The normalized spacial score (nSPS) is 11.3. The van der Waals surface area contributed by atoms with Gasteiger partial charge in [0.25, 0.3) is 0 Å². The Morgan fingerprint density at radius 1 is 1.24 bits per heavy atom. The van der Waals surface area contributed by atoms with Crippen LogP contribution in [0.15, 0.2) is 36.8 Å². The summed E-state index contributed by atoms with van der Waals surface area (Å²) in [6.45, 7) is 0. The molecule has 0 saturated carbocycles. The molecule has 0 fully saturated rings. The molecule has 0 unspecified atom stereocenters. The summed E-state index contributed by atoms with van der Waals surface area (Å²) in [4.78, 5) is 9.58. The van der Waals surface area contributed by atoms with Crippen LogP contribution in [0.25, 0.3) is 26.3 Å². The third-order valence-electron chi connectivity index (χ3n) is 3.25. The van der Waals surface area contributed by atoms with Gasteiger partial charge >= 0.3 is 0 Å². The maximum atomic E-state index is 5.76. The number of nitrogen functional groups attached to an aromatic ring is 1. The Hall–Kier alpha value is -2.67. The highest BCUT2D eigenvalue weighted by molar-refractivity contribution is 7.22. The standard InChI is InChI=1S/C14H11N5OS/c1-20-10-7-16-5-8-4-11(21-14(8)10)9-6-17-13-3-2-12(15)18-19(9)13/h2-7H,1H3,(H2,15,18). The van der Waals surface area contributed by atoms with Crippen LogP contribution in [0.4, 0.5) is 5.82 Å². The SMILES string of the molecule is COc1cncc2cc(-c3cnc4ccc(N)nn34)sc12. The van der Waals surface area contributed by atoms with Gasteiger partial charge in [0, 0.05) is 11.6 Å². The first-order valence-corrected chi connectivity index (χ1v) is 7.10. The highest BCUT2D eigenvalue weighted by Crippen LogP contribution is 2.37. The van der Waals surface area contributed by atoms with Crippen LogP contribution in [0.3, 0.4) is 0 Å². The first kappa shape index (κ1) is 12.1. The third-order valence-corrected chi connectivity index (χ3v) is 4.43. The van der Waals surface area contributed by atoms with Crippen molar-refractivity contribution in [3.8, 4) is 16.3 Å². The number of hydrogen-bond donors (Lipinski definition) is 1. The van der Waals surface area contributed by atoms with Gasteiger partial charge in [0.05, 0.1) is 29.1 Å². The Balaban J connectivity index is 1.98. The van der Waals surface area contributed by atoms with Gasteiger partial charge in [-0.2, -0.15) is 0 Å². The summed E-state index contributed by atoms with van der Waals surface area (Å²) in [5.41, 5.74) is 7.43. The van der Waals surface area contributed by atoms with Crippen LogP contribution in [0.1, 0.15) is 0 Å². The highest BCUT2D eigenvalue weighted by atomic mass is 32.1. The zero-order chi connectivity index (χ0) is 14.4. The van der Waals surface area contributed by atoms with E-state index in [4.69, 9.17) is 10.5 Å². The monoisotopic (exact) mass is 297 g/mol. The molecule has 0 spiro atoms. The summed E-state index contributed by atoms with van der Waals surface area (Å²) >= 11 is 1.62. The zero-order valence-electron chi connectivity index (χ0n) is 11.1. The lowest BCUT2D eigenvalue weighted by Crippen LogP contribution is -1.98. The van der Waals surface area contributed by atoms with Crippen molar-refractivity contribution in [2.75, 3.05) is 12.8 Å². The van der Waals surface area contributed by atoms with E-state index >= 15 is 0 Å². The Labute approximate surface area is 123 Å². The second kappa shape index (κ2) is 4.42. The van der Waals surface area contributed by atoms with Crippen LogP contribution >= 0.6 is 11.3 Å². The summed E-state index contributed by atoms with van der Waals surface area (Å²) < 4.78 is 8.16. The third kappa shape index (κ3) is 1.82. The number of pyridine rings is 1. The van der Waals surface area contributed by atoms with E-state index in [0.29, 0.717) is 5.82 Å². The summed E-state index contributed by atoms with van der Waals surface area (Å²) in [7, 11) is 1.65. The predicted molar refractivity (Wildman–Crippen MR) is 82.6 cm³/mol.